The molecule has 3 nitrogen and oxygen atoms in total. The minimum absolute atomic E-state index is 0.180. The van der Waals surface area contributed by atoms with Crippen molar-refractivity contribution < 1.29 is 0 Å². The molecule has 17 heavy (non-hydrogen) atoms. The number of aryl methyl sites for hydroxylation is 2. The molecule has 1 aliphatic carbocycles. The van der Waals surface area contributed by atoms with E-state index in [1.165, 1.54) is 29.7 Å². The molecule has 1 atom stereocenters. The van der Waals surface area contributed by atoms with Crippen LogP contribution in [0.15, 0.2) is 24.7 Å². The van der Waals surface area contributed by atoms with Crippen LogP contribution < -0.4 is 5.32 Å². The Kier molecular flexibility index (Phi) is 2.91. The van der Waals surface area contributed by atoms with Gasteiger partial charge >= 0.3 is 0 Å². The average Bonchev–Trinajstić information content (AvgIpc) is 2.92. The zero-order valence-corrected chi connectivity index (χ0v) is 10.6. The zero-order valence-electron chi connectivity index (χ0n) is 9.81. The van der Waals surface area contributed by atoms with Gasteiger partial charge in [-0.15, -0.1) is 11.3 Å². The molecule has 0 saturated heterocycles. The molecule has 88 valence electrons. The summed E-state index contributed by atoms with van der Waals surface area (Å²) >= 11 is 1.92. The number of fused-ring (bicyclic) bond motifs is 1. The van der Waals surface area contributed by atoms with Crippen LogP contribution in [0, 0.1) is 0 Å². The molecule has 0 aromatic carbocycles. The fraction of sp³-hybridized carbons (Fsp3) is 0.385. The van der Waals surface area contributed by atoms with Gasteiger partial charge in [-0.1, -0.05) is 0 Å². The number of rotatable bonds is 3. The normalized spacial score (nSPS) is 15.8. The van der Waals surface area contributed by atoms with Crippen LogP contribution in [0.1, 0.15) is 33.5 Å². The first-order valence-corrected chi connectivity index (χ1v) is 6.75. The third-order valence-corrected chi connectivity index (χ3v) is 4.52. The Morgan fingerprint density at radius 1 is 1.35 bits per heavy atom. The fourth-order valence-corrected chi connectivity index (χ4v) is 3.77. The molecule has 0 radical (unpaired) electrons. The van der Waals surface area contributed by atoms with Crippen LogP contribution in [0.2, 0.25) is 0 Å². The Bertz CT molecular complexity index is 485. The molecule has 1 unspecified atom stereocenters. The average molecular weight is 245 g/mol. The van der Waals surface area contributed by atoms with Crippen molar-refractivity contribution in [2.24, 2.45) is 0 Å². The quantitative estimate of drug-likeness (QED) is 0.902. The van der Waals surface area contributed by atoms with E-state index in [9.17, 15) is 0 Å². The Hall–Kier alpha value is -1.26. The topological polar surface area (TPSA) is 37.8 Å². The molecule has 0 bridgehead atoms. The van der Waals surface area contributed by atoms with Gasteiger partial charge in [-0.3, -0.25) is 9.97 Å². The van der Waals surface area contributed by atoms with E-state index in [0.717, 1.165) is 5.69 Å². The van der Waals surface area contributed by atoms with Gasteiger partial charge in [0.05, 0.1) is 17.9 Å². The standard InChI is InChI=1S/C13H15N3S/c1-14-13(10-8-15-5-6-16-10)12-7-9-3-2-4-11(9)17-12/h5-8,13-14H,2-4H2,1H3. The molecular formula is C13H15N3S. The molecule has 1 aliphatic rings. The van der Waals surface area contributed by atoms with Gasteiger partial charge in [-0.25, -0.2) is 0 Å². The highest BCUT2D eigenvalue weighted by molar-refractivity contribution is 7.12. The van der Waals surface area contributed by atoms with Crippen LogP contribution in [0.25, 0.3) is 0 Å². The molecule has 2 aromatic heterocycles. The first kappa shape index (κ1) is 10.9. The van der Waals surface area contributed by atoms with E-state index in [4.69, 9.17) is 0 Å². The summed E-state index contributed by atoms with van der Waals surface area (Å²) in [6.07, 6.45) is 9.11. The van der Waals surface area contributed by atoms with Gasteiger partial charge in [0.25, 0.3) is 0 Å². The lowest BCUT2D eigenvalue weighted by Gasteiger charge is -2.13. The molecule has 0 spiro atoms. The molecule has 0 saturated carbocycles. The lowest BCUT2D eigenvalue weighted by Crippen LogP contribution is -2.17. The highest BCUT2D eigenvalue weighted by atomic mass is 32.1. The van der Waals surface area contributed by atoms with Crippen LogP contribution in [0.3, 0.4) is 0 Å². The third kappa shape index (κ3) is 1.98. The summed E-state index contributed by atoms with van der Waals surface area (Å²) < 4.78 is 0. The number of thiophene rings is 1. The maximum atomic E-state index is 4.39. The van der Waals surface area contributed by atoms with Gasteiger partial charge < -0.3 is 5.32 Å². The number of aromatic nitrogens is 2. The van der Waals surface area contributed by atoms with Crippen molar-refractivity contribution >= 4 is 11.3 Å². The van der Waals surface area contributed by atoms with Gasteiger partial charge in [0.2, 0.25) is 0 Å². The van der Waals surface area contributed by atoms with Crippen molar-refractivity contribution in [2.45, 2.75) is 25.3 Å². The van der Waals surface area contributed by atoms with E-state index < -0.39 is 0 Å². The number of hydrogen-bond acceptors (Lipinski definition) is 4. The molecule has 2 aromatic rings. The molecular weight excluding hydrogens is 230 g/mol. The van der Waals surface area contributed by atoms with Gasteiger partial charge in [-0.2, -0.15) is 0 Å². The predicted molar refractivity (Wildman–Crippen MR) is 69.3 cm³/mol. The van der Waals surface area contributed by atoms with Crippen molar-refractivity contribution in [3.8, 4) is 0 Å². The minimum Gasteiger partial charge on any atom is -0.307 e. The third-order valence-electron chi connectivity index (χ3n) is 3.22. The number of hydrogen-bond donors (Lipinski definition) is 1. The molecule has 4 heteroatoms. The summed E-state index contributed by atoms with van der Waals surface area (Å²) in [6.45, 7) is 0. The Morgan fingerprint density at radius 2 is 2.29 bits per heavy atom. The summed E-state index contributed by atoms with van der Waals surface area (Å²) in [5.74, 6) is 0. The van der Waals surface area contributed by atoms with Crippen LogP contribution in [-0.2, 0) is 12.8 Å². The molecule has 2 heterocycles. The second-order valence-electron chi connectivity index (χ2n) is 4.30. The van der Waals surface area contributed by atoms with Crippen molar-refractivity contribution in [1.29, 1.82) is 0 Å². The maximum absolute atomic E-state index is 4.39. The Labute approximate surface area is 105 Å². The van der Waals surface area contributed by atoms with Crippen LogP contribution in [0.4, 0.5) is 0 Å². The SMILES string of the molecule is CNC(c1cnccn1)c1cc2c(s1)CCC2. The first-order chi connectivity index (χ1) is 8.38. The summed E-state index contributed by atoms with van der Waals surface area (Å²) in [7, 11) is 1.98. The van der Waals surface area contributed by atoms with E-state index in [1.807, 2.05) is 24.6 Å². The highest BCUT2D eigenvalue weighted by Crippen LogP contribution is 2.35. The molecule has 0 amide bonds. The smallest absolute Gasteiger partial charge is 0.0858 e. The molecule has 3 rings (SSSR count). The second kappa shape index (κ2) is 4.55. The van der Waals surface area contributed by atoms with Crippen molar-refractivity contribution in [1.82, 2.24) is 15.3 Å². The Morgan fingerprint density at radius 3 is 3.00 bits per heavy atom. The molecule has 1 N–H and O–H groups in total. The molecule has 0 fully saturated rings. The minimum atomic E-state index is 0.180. The van der Waals surface area contributed by atoms with E-state index >= 15 is 0 Å². The van der Waals surface area contributed by atoms with E-state index in [-0.39, 0.29) is 6.04 Å². The van der Waals surface area contributed by atoms with Crippen LogP contribution >= 0.6 is 11.3 Å². The summed E-state index contributed by atoms with van der Waals surface area (Å²) in [4.78, 5) is 11.5. The van der Waals surface area contributed by atoms with Crippen LogP contribution in [0.5, 0.6) is 0 Å². The highest BCUT2D eigenvalue weighted by Gasteiger charge is 2.21. The van der Waals surface area contributed by atoms with Crippen LogP contribution in [-0.4, -0.2) is 17.0 Å². The summed E-state index contributed by atoms with van der Waals surface area (Å²) in [5.41, 5.74) is 2.53. The van der Waals surface area contributed by atoms with E-state index in [2.05, 4.69) is 21.4 Å². The maximum Gasteiger partial charge on any atom is 0.0858 e. The van der Waals surface area contributed by atoms with Gasteiger partial charge in [0.15, 0.2) is 0 Å². The fourth-order valence-electron chi connectivity index (χ4n) is 2.39. The second-order valence-corrected chi connectivity index (χ2v) is 5.47. The largest absolute Gasteiger partial charge is 0.307 e. The monoisotopic (exact) mass is 245 g/mol. The summed E-state index contributed by atoms with van der Waals surface area (Å²) in [6, 6.07) is 2.52. The summed E-state index contributed by atoms with van der Waals surface area (Å²) in [5, 5.41) is 3.33. The van der Waals surface area contributed by atoms with Gasteiger partial charge in [-0.05, 0) is 37.9 Å². The molecule has 0 aliphatic heterocycles. The van der Waals surface area contributed by atoms with Crippen molar-refractivity contribution in [3.05, 3.63) is 45.7 Å². The number of nitrogens with zero attached hydrogens (tertiary/aromatic N) is 2. The van der Waals surface area contributed by atoms with E-state index in [0.29, 0.717) is 0 Å². The zero-order chi connectivity index (χ0) is 11.7. The Balaban J connectivity index is 1.95. The predicted octanol–water partition coefficient (Wildman–Crippen LogP) is 2.34. The van der Waals surface area contributed by atoms with Crippen molar-refractivity contribution in [3.63, 3.8) is 0 Å². The van der Waals surface area contributed by atoms with Crippen molar-refractivity contribution in [2.75, 3.05) is 7.05 Å². The van der Waals surface area contributed by atoms with Gasteiger partial charge in [0, 0.05) is 22.1 Å². The van der Waals surface area contributed by atoms with Gasteiger partial charge in [0.1, 0.15) is 0 Å². The lowest BCUT2D eigenvalue weighted by molar-refractivity contribution is 0.677. The lowest BCUT2D eigenvalue weighted by atomic mass is 10.1. The number of nitrogens with one attached hydrogen (secondary N) is 1. The van der Waals surface area contributed by atoms with E-state index in [1.54, 1.807) is 17.3 Å². The first-order valence-electron chi connectivity index (χ1n) is 5.93.